The van der Waals surface area contributed by atoms with Crippen LogP contribution in [0.1, 0.15) is 10.4 Å². The molecule has 1 fully saturated rings. The molecule has 1 aromatic carbocycles. The number of hydrogen-bond donors (Lipinski definition) is 1. The third-order valence-electron chi connectivity index (χ3n) is 3.22. The molecule has 2 rings (SSSR count). The molecule has 5 heteroatoms. The Morgan fingerprint density at radius 1 is 1.33 bits per heavy atom. The van der Waals surface area contributed by atoms with Crippen molar-refractivity contribution in [2.75, 3.05) is 39.8 Å². The van der Waals surface area contributed by atoms with Crippen molar-refractivity contribution >= 4 is 17.4 Å². The minimum absolute atomic E-state index is 0.00422. The molecule has 1 aromatic rings. The van der Waals surface area contributed by atoms with Crippen molar-refractivity contribution in [3.8, 4) is 5.75 Å². The first-order chi connectivity index (χ1) is 8.56. The Kier molecular flexibility index (Phi) is 4.22. The zero-order valence-electron chi connectivity index (χ0n) is 10.4. The number of phenolic OH excluding ortho intramolecular Hbond substituents is 1. The largest absolute Gasteiger partial charge is 0.508 e. The van der Waals surface area contributed by atoms with Gasteiger partial charge >= 0.3 is 0 Å². The first-order valence-electron chi connectivity index (χ1n) is 5.99. The second kappa shape index (κ2) is 5.69. The van der Waals surface area contributed by atoms with Gasteiger partial charge in [-0.05, 0) is 25.2 Å². The number of benzene rings is 1. The van der Waals surface area contributed by atoms with Gasteiger partial charge in [0.05, 0.1) is 11.6 Å². The topological polar surface area (TPSA) is 43.8 Å². The smallest absolute Gasteiger partial charge is 0.178 e. The number of carbonyl (C=O) groups excluding carboxylic acids is 1. The Morgan fingerprint density at radius 3 is 2.61 bits per heavy atom. The Hall–Kier alpha value is -1.10. The summed E-state index contributed by atoms with van der Waals surface area (Å²) in [6.45, 7) is 4.15. The van der Waals surface area contributed by atoms with E-state index >= 15 is 0 Å². The fourth-order valence-electron chi connectivity index (χ4n) is 2.02. The number of likely N-dealkylation sites (N-methyl/N-ethyl adjacent to an activating group) is 1. The van der Waals surface area contributed by atoms with E-state index in [1.807, 2.05) is 0 Å². The van der Waals surface area contributed by atoms with Gasteiger partial charge in [-0.15, -0.1) is 0 Å². The fraction of sp³-hybridized carbons (Fsp3) is 0.462. The quantitative estimate of drug-likeness (QED) is 0.844. The van der Waals surface area contributed by atoms with E-state index in [1.54, 1.807) is 6.07 Å². The second-order valence-corrected chi connectivity index (χ2v) is 5.07. The summed E-state index contributed by atoms with van der Waals surface area (Å²) in [6, 6.07) is 4.47. The molecule has 1 aliphatic rings. The van der Waals surface area contributed by atoms with Crippen LogP contribution in [0.25, 0.3) is 0 Å². The van der Waals surface area contributed by atoms with E-state index in [2.05, 4.69) is 16.8 Å². The predicted octanol–water partition coefficient (Wildman–Crippen LogP) is 1.48. The average Bonchev–Trinajstić information content (AvgIpc) is 2.32. The number of aromatic hydroxyl groups is 1. The number of ketones is 1. The lowest BCUT2D eigenvalue weighted by Gasteiger charge is -2.31. The van der Waals surface area contributed by atoms with Gasteiger partial charge in [0.2, 0.25) is 0 Å². The van der Waals surface area contributed by atoms with E-state index in [0.717, 1.165) is 26.2 Å². The molecule has 1 N–H and O–H groups in total. The van der Waals surface area contributed by atoms with Crippen molar-refractivity contribution in [3.63, 3.8) is 0 Å². The van der Waals surface area contributed by atoms with Crippen LogP contribution in [-0.2, 0) is 0 Å². The number of Topliss-reactive ketones (excluding diaryl/α,β-unsaturated/α-hetero) is 1. The zero-order valence-corrected chi connectivity index (χ0v) is 11.2. The Labute approximate surface area is 112 Å². The van der Waals surface area contributed by atoms with E-state index in [1.165, 1.54) is 12.1 Å². The van der Waals surface area contributed by atoms with E-state index in [9.17, 15) is 9.90 Å². The van der Waals surface area contributed by atoms with Crippen molar-refractivity contribution in [2.24, 2.45) is 0 Å². The maximum Gasteiger partial charge on any atom is 0.178 e. The zero-order chi connectivity index (χ0) is 13.1. The molecule has 0 amide bonds. The van der Waals surface area contributed by atoms with Crippen LogP contribution in [0.5, 0.6) is 5.75 Å². The molecular weight excluding hydrogens is 252 g/mol. The molecule has 1 heterocycles. The van der Waals surface area contributed by atoms with Gasteiger partial charge in [-0.2, -0.15) is 0 Å². The van der Waals surface area contributed by atoms with Crippen LogP contribution in [0.15, 0.2) is 18.2 Å². The minimum atomic E-state index is 0.00422. The molecule has 1 aliphatic heterocycles. The number of rotatable bonds is 3. The van der Waals surface area contributed by atoms with E-state index in [-0.39, 0.29) is 11.5 Å². The third-order valence-corrected chi connectivity index (χ3v) is 3.53. The van der Waals surface area contributed by atoms with Crippen molar-refractivity contribution in [1.29, 1.82) is 0 Å². The van der Waals surface area contributed by atoms with Crippen molar-refractivity contribution in [1.82, 2.24) is 9.80 Å². The number of carbonyl (C=O) groups is 1. The summed E-state index contributed by atoms with van der Waals surface area (Å²) >= 11 is 5.96. The number of piperazine rings is 1. The highest BCUT2D eigenvalue weighted by Crippen LogP contribution is 2.22. The highest BCUT2D eigenvalue weighted by atomic mass is 35.5. The van der Waals surface area contributed by atoms with Gasteiger partial charge in [0.1, 0.15) is 5.75 Å². The standard InChI is InChI=1S/C13H17ClN2O2/c1-15-4-6-16(7-5-15)9-13(18)11-3-2-10(17)8-12(11)14/h2-3,8,17H,4-7,9H2,1H3. The molecule has 0 radical (unpaired) electrons. The molecule has 0 spiro atoms. The summed E-state index contributed by atoms with van der Waals surface area (Å²) in [4.78, 5) is 16.5. The number of nitrogens with zero attached hydrogens (tertiary/aromatic N) is 2. The molecule has 4 nitrogen and oxygen atoms in total. The number of halogens is 1. The number of hydrogen-bond acceptors (Lipinski definition) is 4. The van der Waals surface area contributed by atoms with Crippen LogP contribution < -0.4 is 0 Å². The van der Waals surface area contributed by atoms with Gasteiger partial charge in [0, 0.05) is 31.7 Å². The fourth-order valence-corrected chi connectivity index (χ4v) is 2.30. The molecule has 98 valence electrons. The molecule has 0 aromatic heterocycles. The van der Waals surface area contributed by atoms with Crippen molar-refractivity contribution in [3.05, 3.63) is 28.8 Å². The first kappa shape index (κ1) is 13.3. The maximum atomic E-state index is 12.1. The molecule has 0 saturated carbocycles. The lowest BCUT2D eigenvalue weighted by molar-refractivity contribution is 0.0876. The molecule has 0 bridgehead atoms. The first-order valence-corrected chi connectivity index (χ1v) is 6.36. The maximum absolute atomic E-state index is 12.1. The van der Waals surface area contributed by atoms with Gasteiger partial charge in [-0.3, -0.25) is 9.69 Å². The monoisotopic (exact) mass is 268 g/mol. The Balaban J connectivity index is 1.99. The van der Waals surface area contributed by atoms with E-state index in [4.69, 9.17) is 11.6 Å². The lowest BCUT2D eigenvalue weighted by atomic mass is 10.1. The summed E-state index contributed by atoms with van der Waals surface area (Å²) in [7, 11) is 2.08. The molecular formula is C13H17ClN2O2. The van der Waals surface area contributed by atoms with Crippen molar-refractivity contribution in [2.45, 2.75) is 0 Å². The summed E-state index contributed by atoms with van der Waals surface area (Å²) in [5.41, 5.74) is 0.480. The van der Waals surface area contributed by atoms with Gasteiger partial charge in [0.15, 0.2) is 5.78 Å². The molecule has 0 atom stereocenters. The van der Waals surface area contributed by atoms with Crippen LogP contribution in [0.4, 0.5) is 0 Å². The number of phenols is 1. The highest BCUT2D eigenvalue weighted by molar-refractivity contribution is 6.34. The van der Waals surface area contributed by atoms with Crippen molar-refractivity contribution < 1.29 is 9.90 Å². The molecule has 1 saturated heterocycles. The van der Waals surface area contributed by atoms with Crippen LogP contribution in [-0.4, -0.2) is 60.5 Å². The molecule has 0 unspecified atom stereocenters. The molecule has 18 heavy (non-hydrogen) atoms. The summed E-state index contributed by atoms with van der Waals surface area (Å²) in [6.07, 6.45) is 0. The van der Waals surface area contributed by atoms with Gasteiger partial charge in [-0.25, -0.2) is 0 Å². The summed E-state index contributed by atoms with van der Waals surface area (Å²) < 4.78 is 0. The average molecular weight is 269 g/mol. The van der Waals surface area contributed by atoms with E-state index in [0.29, 0.717) is 17.1 Å². The van der Waals surface area contributed by atoms with Crippen LogP contribution in [0.2, 0.25) is 5.02 Å². The normalized spacial score (nSPS) is 17.9. The minimum Gasteiger partial charge on any atom is -0.508 e. The molecule has 0 aliphatic carbocycles. The highest BCUT2D eigenvalue weighted by Gasteiger charge is 2.18. The van der Waals surface area contributed by atoms with Crippen LogP contribution in [0, 0.1) is 0 Å². The third kappa shape index (κ3) is 3.22. The summed E-state index contributed by atoms with van der Waals surface area (Å²) in [5, 5.41) is 9.57. The van der Waals surface area contributed by atoms with E-state index < -0.39 is 0 Å². The lowest BCUT2D eigenvalue weighted by Crippen LogP contribution is -2.46. The van der Waals surface area contributed by atoms with Gasteiger partial charge in [0.25, 0.3) is 0 Å². The summed E-state index contributed by atoms with van der Waals surface area (Å²) in [5.74, 6) is 0.0840. The van der Waals surface area contributed by atoms with Crippen LogP contribution in [0.3, 0.4) is 0 Å². The predicted molar refractivity (Wildman–Crippen MR) is 71.4 cm³/mol. The van der Waals surface area contributed by atoms with Gasteiger partial charge < -0.3 is 10.0 Å². The SMILES string of the molecule is CN1CCN(CC(=O)c2ccc(O)cc2Cl)CC1. The second-order valence-electron chi connectivity index (χ2n) is 4.67. The van der Waals surface area contributed by atoms with Gasteiger partial charge in [-0.1, -0.05) is 11.6 Å². The Bertz CT molecular complexity index is 443. The van der Waals surface area contributed by atoms with Crippen LogP contribution >= 0.6 is 11.6 Å². The Morgan fingerprint density at radius 2 is 2.00 bits per heavy atom.